The lowest BCUT2D eigenvalue weighted by Crippen LogP contribution is -2.17. The molecule has 1 rings (SSSR count). The van der Waals surface area contributed by atoms with Gasteiger partial charge in [0.15, 0.2) is 5.78 Å². The Morgan fingerprint density at radius 3 is 2.32 bits per heavy atom. The molecule has 0 amide bonds. The van der Waals surface area contributed by atoms with E-state index in [1.165, 1.54) is 0 Å². The van der Waals surface area contributed by atoms with Gasteiger partial charge in [0.1, 0.15) is 19.0 Å². The molecule has 5 nitrogen and oxygen atoms in total. The number of Topliss-reactive ketones (excluding diaryl/α,β-unsaturated/α-hetero) is 1. The predicted octanol–water partition coefficient (Wildman–Crippen LogP) is 2.76. The van der Waals surface area contributed by atoms with Crippen molar-refractivity contribution in [2.75, 3.05) is 44.9 Å². The van der Waals surface area contributed by atoms with Crippen LogP contribution in [0.25, 0.3) is 0 Å². The molecule has 22 heavy (non-hydrogen) atoms. The average Bonchev–Trinajstić information content (AvgIpc) is 2.51. The number of ether oxygens (including phenoxy) is 3. The first-order valence-corrected chi connectivity index (χ1v) is 7.78. The first-order chi connectivity index (χ1) is 10.6. The average molecular weight is 309 g/mol. The molecular formula is C17H27NO4. The van der Waals surface area contributed by atoms with Crippen LogP contribution in [-0.2, 0) is 14.3 Å². The second kappa shape index (κ2) is 11.0. The van der Waals surface area contributed by atoms with E-state index in [0.717, 1.165) is 18.0 Å². The third-order valence-electron chi connectivity index (χ3n) is 2.99. The molecular weight excluding hydrogens is 282 g/mol. The number of hydrogen-bond donors (Lipinski definition) is 1. The van der Waals surface area contributed by atoms with Crippen molar-refractivity contribution < 1.29 is 19.0 Å². The van der Waals surface area contributed by atoms with E-state index in [0.29, 0.717) is 26.4 Å². The monoisotopic (exact) mass is 309 g/mol. The third kappa shape index (κ3) is 8.00. The summed E-state index contributed by atoms with van der Waals surface area (Å²) in [6.45, 7) is 8.74. The van der Waals surface area contributed by atoms with Crippen molar-refractivity contribution in [2.45, 2.75) is 20.8 Å². The van der Waals surface area contributed by atoms with E-state index in [4.69, 9.17) is 14.2 Å². The van der Waals surface area contributed by atoms with Gasteiger partial charge in [-0.15, -0.1) is 0 Å². The SMILES string of the molecule is CCNc1ccc(OCCOCCOCC(=O)C(C)C)cc1. The van der Waals surface area contributed by atoms with Crippen LogP contribution in [0.5, 0.6) is 5.75 Å². The smallest absolute Gasteiger partial charge is 0.160 e. The normalized spacial score (nSPS) is 10.7. The fourth-order valence-electron chi connectivity index (χ4n) is 1.65. The molecule has 1 N–H and O–H groups in total. The van der Waals surface area contributed by atoms with Gasteiger partial charge < -0.3 is 19.5 Å². The molecule has 5 heteroatoms. The van der Waals surface area contributed by atoms with Gasteiger partial charge in [-0.2, -0.15) is 0 Å². The van der Waals surface area contributed by atoms with Crippen LogP contribution in [0, 0.1) is 5.92 Å². The maximum Gasteiger partial charge on any atom is 0.160 e. The maximum atomic E-state index is 11.3. The molecule has 1 aromatic rings. The Morgan fingerprint density at radius 2 is 1.68 bits per heavy atom. The number of nitrogens with one attached hydrogen (secondary N) is 1. The molecule has 0 unspecified atom stereocenters. The Hall–Kier alpha value is -1.59. The van der Waals surface area contributed by atoms with Gasteiger partial charge in [-0.1, -0.05) is 13.8 Å². The Morgan fingerprint density at radius 1 is 1.05 bits per heavy atom. The van der Waals surface area contributed by atoms with E-state index in [1.807, 2.05) is 38.1 Å². The molecule has 0 heterocycles. The first-order valence-electron chi connectivity index (χ1n) is 7.78. The summed E-state index contributed by atoms with van der Waals surface area (Å²) >= 11 is 0. The van der Waals surface area contributed by atoms with Gasteiger partial charge in [-0.25, -0.2) is 0 Å². The highest BCUT2D eigenvalue weighted by Crippen LogP contribution is 2.15. The van der Waals surface area contributed by atoms with Crippen LogP contribution < -0.4 is 10.1 Å². The Bertz CT molecular complexity index is 417. The zero-order valence-corrected chi connectivity index (χ0v) is 13.8. The largest absolute Gasteiger partial charge is 0.491 e. The quantitative estimate of drug-likeness (QED) is 0.602. The molecule has 0 saturated carbocycles. The molecule has 0 radical (unpaired) electrons. The first kappa shape index (κ1) is 18.5. The summed E-state index contributed by atoms with van der Waals surface area (Å²) in [5.41, 5.74) is 1.08. The van der Waals surface area contributed by atoms with Crippen LogP contribution in [0.15, 0.2) is 24.3 Å². The van der Waals surface area contributed by atoms with Crippen molar-refractivity contribution in [3.05, 3.63) is 24.3 Å². The lowest BCUT2D eigenvalue weighted by atomic mass is 10.1. The molecule has 124 valence electrons. The van der Waals surface area contributed by atoms with Crippen LogP contribution >= 0.6 is 0 Å². The van der Waals surface area contributed by atoms with Crippen molar-refractivity contribution in [3.8, 4) is 5.75 Å². The van der Waals surface area contributed by atoms with Crippen LogP contribution in [0.3, 0.4) is 0 Å². The van der Waals surface area contributed by atoms with Gasteiger partial charge in [-0.05, 0) is 31.2 Å². The summed E-state index contributed by atoms with van der Waals surface area (Å²) < 4.78 is 16.2. The fourth-order valence-corrected chi connectivity index (χ4v) is 1.65. The van der Waals surface area contributed by atoms with E-state index in [1.54, 1.807) is 0 Å². The molecule has 1 aromatic carbocycles. The lowest BCUT2D eigenvalue weighted by Gasteiger charge is -2.09. The van der Waals surface area contributed by atoms with Crippen LogP contribution in [-0.4, -0.2) is 45.4 Å². The van der Waals surface area contributed by atoms with Gasteiger partial charge in [-0.3, -0.25) is 4.79 Å². The summed E-state index contributed by atoms with van der Waals surface area (Å²) in [5, 5.41) is 3.23. The molecule has 0 spiro atoms. The van der Waals surface area contributed by atoms with E-state index < -0.39 is 0 Å². The minimum absolute atomic E-state index is 0.0215. The number of benzene rings is 1. The van der Waals surface area contributed by atoms with Gasteiger partial charge in [0, 0.05) is 18.2 Å². The van der Waals surface area contributed by atoms with Crippen molar-refractivity contribution in [3.63, 3.8) is 0 Å². The molecule has 0 aliphatic heterocycles. The van der Waals surface area contributed by atoms with E-state index in [9.17, 15) is 4.79 Å². The van der Waals surface area contributed by atoms with E-state index in [2.05, 4.69) is 12.2 Å². The maximum absolute atomic E-state index is 11.3. The highest BCUT2D eigenvalue weighted by Gasteiger charge is 2.06. The molecule has 0 aliphatic rings. The Kier molecular flexibility index (Phi) is 9.26. The Balaban J connectivity index is 2.00. The summed E-state index contributed by atoms with van der Waals surface area (Å²) in [6, 6.07) is 7.83. The molecule has 0 atom stereocenters. The van der Waals surface area contributed by atoms with Crippen molar-refractivity contribution in [1.29, 1.82) is 0 Å². The highest BCUT2D eigenvalue weighted by atomic mass is 16.5. The molecule has 0 saturated heterocycles. The minimum atomic E-state index is 0.0215. The second-order valence-electron chi connectivity index (χ2n) is 5.19. The van der Waals surface area contributed by atoms with Gasteiger partial charge in [0.05, 0.1) is 19.8 Å². The van der Waals surface area contributed by atoms with Gasteiger partial charge in [0.25, 0.3) is 0 Å². The number of hydrogen-bond acceptors (Lipinski definition) is 5. The number of carbonyl (C=O) groups is 1. The minimum Gasteiger partial charge on any atom is -0.491 e. The van der Waals surface area contributed by atoms with Gasteiger partial charge >= 0.3 is 0 Å². The number of ketones is 1. The molecule has 0 fully saturated rings. The Labute approximate surface area is 132 Å². The number of anilines is 1. The fraction of sp³-hybridized carbons (Fsp3) is 0.588. The molecule has 0 bridgehead atoms. The summed E-state index contributed by atoms with van der Waals surface area (Å²) in [5.74, 6) is 0.960. The highest BCUT2D eigenvalue weighted by molar-refractivity contribution is 5.81. The molecule has 0 aliphatic carbocycles. The zero-order chi connectivity index (χ0) is 16.2. The summed E-state index contributed by atoms with van der Waals surface area (Å²) in [4.78, 5) is 11.3. The third-order valence-corrected chi connectivity index (χ3v) is 2.99. The lowest BCUT2D eigenvalue weighted by molar-refractivity contribution is -0.127. The van der Waals surface area contributed by atoms with E-state index in [-0.39, 0.29) is 18.3 Å². The van der Waals surface area contributed by atoms with Crippen molar-refractivity contribution >= 4 is 11.5 Å². The summed E-state index contributed by atoms with van der Waals surface area (Å²) in [6.07, 6.45) is 0. The summed E-state index contributed by atoms with van der Waals surface area (Å²) in [7, 11) is 0. The van der Waals surface area contributed by atoms with Crippen LogP contribution in [0.2, 0.25) is 0 Å². The standard InChI is InChI=1S/C17H27NO4/c1-4-18-15-5-7-16(8-6-15)22-12-11-20-9-10-21-13-17(19)14(2)3/h5-8,14,18H,4,9-13H2,1-3H3. The topological polar surface area (TPSA) is 56.8 Å². The predicted molar refractivity (Wildman–Crippen MR) is 87.6 cm³/mol. The van der Waals surface area contributed by atoms with Crippen molar-refractivity contribution in [2.24, 2.45) is 5.92 Å². The zero-order valence-electron chi connectivity index (χ0n) is 13.8. The molecule has 0 aromatic heterocycles. The van der Waals surface area contributed by atoms with Crippen molar-refractivity contribution in [1.82, 2.24) is 0 Å². The van der Waals surface area contributed by atoms with E-state index >= 15 is 0 Å². The van der Waals surface area contributed by atoms with Crippen LogP contribution in [0.4, 0.5) is 5.69 Å². The number of rotatable bonds is 12. The van der Waals surface area contributed by atoms with Gasteiger partial charge in [0.2, 0.25) is 0 Å². The van der Waals surface area contributed by atoms with Crippen LogP contribution in [0.1, 0.15) is 20.8 Å². The second-order valence-corrected chi connectivity index (χ2v) is 5.19. The number of carbonyl (C=O) groups excluding carboxylic acids is 1.